The molecule has 6 heteroatoms. The molecule has 1 aromatic heterocycles. The molecule has 0 bridgehead atoms. The second-order valence-corrected chi connectivity index (χ2v) is 5.38. The maximum atomic E-state index is 13.5. The van der Waals surface area contributed by atoms with Crippen molar-refractivity contribution in [1.29, 1.82) is 0 Å². The number of hydrogen-bond acceptors (Lipinski definition) is 3. The van der Waals surface area contributed by atoms with Gasteiger partial charge in [0.1, 0.15) is 23.0 Å². The topological polar surface area (TPSA) is 55.1 Å². The molecular weight excluding hydrogens is 266 g/mol. The zero-order valence-corrected chi connectivity index (χ0v) is 11.3. The molecule has 1 amide bonds. The second-order valence-electron chi connectivity index (χ2n) is 5.38. The Balaban J connectivity index is 2.22. The normalized spacial score (nSPS) is 11.4. The lowest BCUT2D eigenvalue weighted by atomic mass is 9.93. The van der Waals surface area contributed by atoms with Crippen molar-refractivity contribution in [3.05, 3.63) is 47.2 Å². The molecule has 106 valence electrons. The lowest BCUT2D eigenvalue weighted by molar-refractivity contribution is 0.101. The fourth-order valence-corrected chi connectivity index (χ4v) is 1.58. The SMILES string of the molecule is CC(C)(C)c1cc(NC(=O)c2c(F)cccc2F)no1. The number of carbonyl (C=O) groups is 1. The van der Waals surface area contributed by atoms with E-state index >= 15 is 0 Å². The molecule has 0 aliphatic heterocycles. The third-order valence-corrected chi connectivity index (χ3v) is 2.68. The first-order valence-corrected chi connectivity index (χ1v) is 6.01. The molecule has 0 aliphatic rings. The molecule has 2 rings (SSSR count). The summed E-state index contributed by atoms with van der Waals surface area (Å²) in [7, 11) is 0. The van der Waals surface area contributed by atoms with E-state index in [1.165, 1.54) is 12.1 Å². The summed E-state index contributed by atoms with van der Waals surface area (Å²) in [5, 5.41) is 5.96. The average molecular weight is 280 g/mol. The molecule has 0 spiro atoms. The van der Waals surface area contributed by atoms with Crippen LogP contribution in [0.3, 0.4) is 0 Å². The van der Waals surface area contributed by atoms with E-state index in [9.17, 15) is 13.6 Å². The highest BCUT2D eigenvalue weighted by molar-refractivity contribution is 6.04. The summed E-state index contributed by atoms with van der Waals surface area (Å²) in [6.07, 6.45) is 0. The number of halogens is 2. The summed E-state index contributed by atoms with van der Waals surface area (Å²) >= 11 is 0. The maximum Gasteiger partial charge on any atom is 0.262 e. The summed E-state index contributed by atoms with van der Waals surface area (Å²) in [5.41, 5.74) is -0.924. The van der Waals surface area contributed by atoms with Gasteiger partial charge in [-0.3, -0.25) is 4.79 Å². The summed E-state index contributed by atoms with van der Waals surface area (Å²) < 4.78 is 32.0. The third-order valence-electron chi connectivity index (χ3n) is 2.68. The predicted octanol–water partition coefficient (Wildman–Crippen LogP) is 3.50. The molecular formula is C14H14F2N2O2. The highest BCUT2D eigenvalue weighted by atomic mass is 19.1. The molecule has 1 aromatic carbocycles. The van der Waals surface area contributed by atoms with Crippen LogP contribution < -0.4 is 5.32 Å². The van der Waals surface area contributed by atoms with E-state index in [0.717, 1.165) is 12.1 Å². The van der Waals surface area contributed by atoms with Crippen molar-refractivity contribution in [2.45, 2.75) is 26.2 Å². The monoisotopic (exact) mass is 280 g/mol. The largest absolute Gasteiger partial charge is 0.359 e. The Hall–Kier alpha value is -2.24. The summed E-state index contributed by atoms with van der Waals surface area (Å²) in [6, 6.07) is 4.74. The van der Waals surface area contributed by atoms with E-state index < -0.39 is 23.1 Å². The highest BCUT2D eigenvalue weighted by Gasteiger charge is 2.22. The summed E-state index contributed by atoms with van der Waals surface area (Å²) in [5.74, 6) is -2.09. The molecule has 20 heavy (non-hydrogen) atoms. The zero-order valence-electron chi connectivity index (χ0n) is 11.3. The van der Waals surface area contributed by atoms with E-state index in [0.29, 0.717) is 5.76 Å². The molecule has 4 nitrogen and oxygen atoms in total. The summed E-state index contributed by atoms with van der Waals surface area (Å²) in [4.78, 5) is 11.8. The Morgan fingerprint density at radius 2 is 1.85 bits per heavy atom. The van der Waals surface area contributed by atoms with Crippen molar-refractivity contribution in [2.75, 3.05) is 5.32 Å². The van der Waals surface area contributed by atoms with Gasteiger partial charge in [-0.1, -0.05) is 32.0 Å². The van der Waals surface area contributed by atoms with E-state index in [1.54, 1.807) is 0 Å². The van der Waals surface area contributed by atoms with Crippen molar-refractivity contribution < 1.29 is 18.1 Å². The van der Waals surface area contributed by atoms with Crippen molar-refractivity contribution in [3.8, 4) is 0 Å². The van der Waals surface area contributed by atoms with E-state index in [2.05, 4.69) is 10.5 Å². The number of rotatable bonds is 2. The van der Waals surface area contributed by atoms with Gasteiger partial charge >= 0.3 is 0 Å². The molecule has 1 N–H and O–H groups in total. The fraction of sp³-hybridized carbons (Fsp3) is 0.286. The first-order valence-electron chi connectivity index (χ1n) is 6.01. The molecule has 1 heterocycles. The number of carbonyl (C=O) groups excluding carboxylic acids is 1. The van der Waals surface area contributed by atoms with Crippen LogP contribution in [0.25, 0.3) is 0 Å². The Morgan fingerprint density at radius 1 is 1.25 bits per heavy atom. The number of nitrogens with zero attached hydrogens (tertiary/aromatic N) is 1. The number of amides is 1. The number of aromatic nitrogens is 1. The molecule has 0 fully saturated rings. The fourth-order valence-electron chi connectivity index (χ4n) is 1.58. The quantitative estimate of drug-likeness (QED) is 0.916. The van der Waals surface area contributed by atoms with Crippen LogP contribution in [0.5, 0.6) is 0 Å². The van der Waals surface area contributed by atoms with Crippen LogP contribution in [0, 0.1) is 11.6 Å². The van der Waals surface area contributed by atoms with Gasteiger partial charge in [-0.2, -0.15) is 0 Å². The van der Waals surface area contributed by atoms with Gasteiger partial charge in [-0.05, 0) is 12.1 Å². The summed E-state index contributed by atoms with van der Waals surface area (Å²) in [6.45, 7) is 5.74. The van der Waals surface area contributed by atoms with E-state index in [-0.39, 0.29) is 11.2 Å². The third kappa shape index (κ3) is 2.84. The number of nitrogens with one attached hydrogen (secondary N) is 1. The molecule has 0 unspecified atom stereocenters. The van der Waals surface area contributed by atoms with Crippen LogP contribution >= 0.6 is 0 Å². The minimum Gasteiger partial charge on any atom is -0.359 e. The standard InChI is InChI=1S/C14H14F2N2O2/c1-14(2,3)10-7-11(18-20-10)17-13(19)12-8(15)5-4-6-9(12)16/h4-7H,1-3H3,(H,17,18,19). The highest BCUT2D eigenvalue weighted by Crippen LogP contribution is 2.24. The van der Waals surface area contributed by atoms with Crippen LogP contribution in [-0.2, 0) is 5.41 Å². The van der Waals surface area contributed by atoms with Crippen molar-refractivity contribution >= 4 is 11.7 Å². The van der Waals surface area contributed by atoms with Gasteiger partial charge in [-0.25, -0.2) is 8.78 Å². The first kappa shape index (κ1) is 14.2. The van der Waals surface area contributed by atoms with Gasteiger partial charge in [0.2, 0.25) is 0 Å². The van der Waals surface area contributed by atoms with Gasteiger partial charge in [0, 0.05) is 11.5 Å². The molecule has 0 radical (unpaired) electrons. The Morgan fingerprint density at radius 3 is 2.35 bits per heavy atom. The van der Waals surface area contributed by atoms with Crippen molar-refractivity contribution in [1.82, 2.24) is 5.16 Å². The van der Waals surface area contributed by atoms with Crippen molar-refractivity contribution in [2.24, 2.45) is 0 Å². The van der Waals surface area contributed by atoms with Gasteiger partial charge < -0.3 is 9.84 Å². The second kappa shape index (κ2) is 5.03. The first-order chi connectivity index (χ1) is 9.29. The molecule has 0 atom stereocenters. The predicted molar refractivity (Wildman–Crippen MR) is 69.5 cm³/mol. The van der Waals surface area contributed by atoms with Gasteiger partial charge in [0.05, 0.1) is 0 Å². The minimum absolute atomic E-state index is 0.113. The van der Waals surface area contributed by atoms with Gasteiger partial charge in [-0.15, -0.1) is 0 Å². The lowest BCUT2D eigenvalue weighted by Crippen LogP contribution is -2.16. The maximum absolute atomic E-state index is 13.5. The molecule has 0 saturated heterocycles. The van der Waals surface area contributed by atoms with E-state index in [4.69, 9.17) is 4.52 Å². The van der Waals surface area contributed by atoms with Crippen LogP contribution in [0.4, 0.5) is 14.6 Å². The van der Waals surface area contributed by atoms with Gasteiger partial charge in [0.15, 0.2) is 5.82 Å². The van der Waals surface area contributed by atoms with Crippen LogP contribution in [0.15, 0.2) is 28.8 Å². The molecule has 0 aliphatic carbocycles. The number of anilines is 1. The zero-order chi connectivity index (χ0) is 14.9. The van der Waals surface area contributed by atoms with Crippen LogP contribution in [0.1, 0.15) is 36.9 Å². The smallest absolute Gasteiger partial charge is 0.262 e. The Bertz CT molecular complexity index is 625. The Labute approximate surface area is 114 Å². The molecule has 2 aromatic rings. The van der Waals surface area contributed by atoms with Gasteiger partial charge in [0.25, 0.3) is 5.91 Å². The lowest BCUT2D eigenvalue weighted by Gasteiger charge is -2.12. The van der Waals surface area contributed by atoms with Crippen LogP contribution in [0.2, 0.25) is 0 Å². The minimum atomic E-state index is -0.929. The van der Waals surface area contributed by atoms with E-state index in [1.807, 2.05) is 20.8 Å². The number of benzene rings is 1. The molecule has 0 saturated carbocycles. The van der Waals surface area contributed by atoms with Crippen molar-refractivity contribution in [3.63, 3.8) is 0 Å². The number of hydrogen-bond donors (Lipinski definition) is 1. The Kier molecular flexibility index (Phi) is 3.57. The van der Waals surface area contributed by atoms with Crippen LogP contribution in [-0.4, -0.2) is 11.1 Å². The average Bonchev–Trinajstić information content (AvgIpc) is 2.76.